The summed E-state index contributed by atoms with van der Waals surface area (Å²) < 4.78 is 1.66. The van der Waals surface area contributed by atoms with Gasteiger partial charge in [0.05, 0.1) is 17.8 Å². The molecule has 1 aliphatic heterocycles. The Morgan fingerprint density at radius 2 is 1.96 bits per heavy atom. The second-order valence-corrected chi connectivity index (χ2v) is 5.54. The number of aromatic nitrogens is 4. The Bertz CT molecular complexity index is 978. The third-order valence-electron chi connectivity index (χ3n) is 3.93. The maximum atomic E-state index is 11.9. The van der Waals surface area contributed by atoms with Gasteiger partial charge in [-0.05, 0) is 24.3 Å². The van der Waals surface area contributed by atoms with Crippen molar-refractivity contribution in [1.82, 2.24) is 25.1 Å². The van der Waals surface area contributed by atoms with Gasteiger partial charge in [0.15, 0.2) is 5.82 Å². The highest BCUT2D eigenvalue weighted by atomic mass is 16.4. The molecule has 1 aliphatic rings. The standard InChI is InChI=1S/C17H13N5O3/c23-16-14-9-13(21-22(14)8-7-19-16)12-5-6-18-15(20-12)10-1-3-11(4-2-10)17(24)25/h1-6,9H,7-8H2,(H,19,23)(H,24,25). The Labute approximate surface area is 142 Å². The monoisotopic (exact) mass is 335 g/mol. The summed E-state index contributed by atoms with van der Waals surface area (Å²) in [4.78, 5) is 31.5. The molecule has 124 valence electrons. The van der Waals surface area contributed by atoms with Crippen LogP contribution in [0, 0.1) is 0 Å². The minimum absolute atomic E-state index is 0.150. The van der Waals surface area contributed by atoms with E-state index in [1.807, 2.05) is 0 Å². The number of aromatic carboxylic acids is 1. The largest absolute Gasteiger partial charge is 0.478 e. The summed E-state index contributed by atoms with van der Waals surface area (Å²) >= 11 is 0. The molecule has 3 aromatic rings. The minimum atomic E-state index is -0.983. The molecular weight excluding hydrogens is 322 g/mol. The van der Waals surface area contributed by atoms with E-state index in [1.54, 1.807) is 35.1 Å². The quantitative estimate of drug-likeness (QED) is 0.749. The van der Waals surface area contributed by atoms with E-state index in [-0.39, 0.29) is 11.5 Å². The number of hydrogen-bond donors (Lipinski definition) is 2. The Morgan fingerprint density at radius 3 is 2.68 bits per heavy atom. The van der Waals surface area contributed by atoms with Crippen LogP contribution in [0.25, 0.3) is 22.8 Å². The number of carbonyl (C=O) groups is 2. The first-order valence-corrected chi connectivity index (χ1v) is 7.65. The van der Waals surface area contributed by atoms with Gasteiger partial charge < -0.3 is 10.4 Å². The zero-order chi connectivity index (χ0) is 17.4. The van der Waals surface area contributed by atoms with Crippen molar-refractivity contribution in [1.29, 1.82) is 0 Å². The zero-order valence-electron chi connectivity index (χ0n) is 13.0. The van der Waals surface area contributed by atoms with E-state index in [0.717, 1.165) is 0 Å². The lowest BCUT2D eigenvalue weighted by Crippen LogP contribution is -2.35. The van der Waals surface area contributed by atoms with Crippen LogP contribution in [-0.4, -0.2) is 43.3 Å². The van der Waals surface area contributed by atoms with Crippen LogP contribution >= 0.6 is 0 Å². The Hall–Kier alpha value is -3.55. The van der Waals surface area contributed by atoms with Crippen molar-refractivity contribution in [3.63, 3.8) is 0 Å². The second kappa shape index (κ2) is 5.82. The van der Waals surface area contributed by atoms with Crippen molar-refractivity contribution in [3.8, 4) is 22.8 Å². The average Bonchev–Trinajstić information content (AvgIpc) is 3.08. The lowest BCUT2D eigenvalue weighted by Gasteiger charge is -2.13. The summed E-state index contributed by atoms with van der Waals surface area (Å²) in [5, 5.41) is 16.2. The molecule has 1 amide bonds. The molecule has 2 N–H and O–H groups in total. The molecule has 0 saturated carbocycles. The van der Waals surface area contributed by atoms with Gasteiger partial charge >= 0.3 is 5.97 Å². The molecule has 0 spiro atoms. The van der Waals surface area contributed by atoms with Crippen LogP contribution in [0.2, 0.25) is 0 Å². The second-order valence-electron chi connectivity index (χ2n) is 5.54. The maximum Gasteiger partial charge on any atom is 0.335 e. The molecule has 0 aliphatic carbocycles. The predicted octanol–water partition coefficient (Wildman–Crippen LogP) is 1.45. The highest BCUT2D eigenvalue weighted by Gasteiger charge is 2.20. The summed E-state index contributed by atoms with van der Waals surface area (Å²) in [6, 6.07) is 9.76. The Balaban J connectivity index is 1.70. The van der Waals surface area contributed by atoms with Crippen LogP contribution in [0.1, 0.15) is 20.8 Å². The predicted molar refractivity (Wildman–Crippen MR) is 88.0 cm³/mol. The molecule has 0 unspecified atom stereocenters. The number of benzene rings is 1. The third-order valence-corrected chi connectivity index (χ3v) is 3.93. The van der Waals surface area contributed by atoms with Gasteiger partial charge in [-0.3, -0.25) is 9.48 Å². The van der Waals surface area contributed by atoms with E-state index >= 15 is 0 Å². The molecule has 25 heavy (non-hydrogen) atoms. The zero-order valence-corrected chi connectivity index (χ0v) is 13.0. The van der Waals surface area contributed by atoms with Gasteiger partial charge in [0.2, 0.25) is 0 Å². The lowest BCUT2D eigenvalue weighted by atomic mass is 10.1. The minimum Gasteiger partial charge on any atom is -0.478 e. The van der Waals surface area contributed by atoms with Gasteiger partial charge in [-0.25, -0.2) is 14.8 Å². The molecule has 0 bridgehead atoms. The van der Waals surface area contributed by atoms with E-state index < -0.39 is 5.97 Å². The van der Waals surface area contributed by atoms with E-state index in [2.05, 4.69) is 20.4 Å². The first-order valence-electron chi connectivity index (χ1n) is 7.65. The highest BCUT2D eigenvalue weighted by molar-refractivity contribution is 5.94. The molecule has 2 aromatic heterocycles. The van der Waals surface area contributed by atoms with Crippen molar-refractivity contribution in [2.45, 2.75) is 6.54 Å². The van der Waals surface area contributed by atoms with Crippen LogP contribution in [0.4, 0.5) is 0 Å². The van der Waals surface area contributed by atoms with Crippen molar-refractivity contribution in [3.05, 3.63) is 53.9 Å². The number of hydrogen-bond acceptors (Lipinski definition) is 5. The fourth-order valence-electron chi connectivity index (χ4n) is 2.66. The van der Waals surface area contributed by atoms with Gasteiger partial charge in [-0.15, -0.1) is 0 Å². The van der Waals surface area contributed by atoms with E-state index in [4.69, 9.17) is 5.11 Å². The van der Waals surface area contributed by atoms with Gasteiger partial charge in [0.1, 0.15) is 11.4 Å². The molecule has 0 saturated heterocycles. The van der Waals surface area contributed by atoms with Gasteiger partial charge in [0, 0.05) is 18.3 Å². The molecule has 3 heterocycles. The summed E-state index contributed by atoms with van der Waals surface area (Å²) in [7, 11) is 0. The fourth-order valence-corrected chi connectivity index (χ4v) is 2.66. The van der Waals surface area contributed by atoms with Crippen LogP contribution in [-0.2, 0) is 6.54 Å². The third kappa shape index (κ3) is 2.74. The molecule has 8 heteroatoms. The first-order chi connectivity index (χ1) is 12.1. The molecule has 1 aromatic carbocycles. The molecule has 0 fully saturated rings. The average molecular weight is 335 g/mol. The summed E-state index contributed by atoms with van der Waals surface area (Å²) in [5.41, 5.74) is 2.60. The first kappa shape index (κ1) is 15.0. The lowest BCUT2D eigenvalue weighted by molar-refractivity contribution is 0.0696. The Morgan fingerprint density at radius 1 is 1.16 bits per heavy atom. The highest BCUT2D eigenvalue weighted by Crippen LogP contribution is 2.22. The number of carboxylic acids is 1. The number of nitrogens with zero attached hydrogens (tertiary/aromatic N) is 4. The summed E-state index contributed by atoms with van der Waals surface area (Å²) in [6.07, 6.45) is 1.61. The Kier molecular flexibility index (Phi) is 3.50. The number of amides is 1. The van der Waals surface area contributed by atoms with Crippen LogP contribution < -0.4 is 5.32 Å². The van der Waals surface area contributed by atoms with Crippen molar-refractivity contribution in [2.24, 2.45) is 0 Å². The van der Waals surface area contributed by atoms with Crippen LogP contribution in [0.5, 0.6) is 0 Å². The van der Waals surface area contributed by atoms with Crippen molar-refractivity contribution >= 4 is 11.9 Å². The molecular formula is C17H13N5O3. The number of carboxylic acid groups (broad SMARTS) is 1. The molecule has 4 rings (SSSR count). The normalized spacial score (nSPS) is 13.2. The molecule has 0 radical (unpaired) electrons. The van der Waals surface area contributed by atoms with Gasteiger partial charge in [-0.2, -0.15) is 5.10 Å². The molecule has 0 atom stereocenters. The van der Waals surface area contributed by atoms with E-state index in [1.165, 1.54) is 12.1 Å². The van der Waals surface area contributed by atoms with Crippen molar-refractivity contribution < 1.29 is 14.7 Å². The van der Waals surface area contributed by atoms with E-state index in [9.17, 15) is 9.59 Å². The maximum absolute atomic E-state index is 11.9. The van der Waals surface area contributed by atoms with E-state index in [0.29, 0.717) is 41.6 Å². The van der Waals surface area contributed by atoms with Gasteiger partial charge in [0.25, 0.3) is 5.91 Å². The van der Waals surface area contributed by atoms with Crippen molar-refractivity contribution in [2.75, 3.05) is 6.54 Å². The van der Waals surface area contributed by atoms with Crippen LogP contribution in [0.15, 0.2) is 42.6 Å². The summed E-state index contributed by atoms with van der Waals surface area (Å²) in [6.45, 7) is 1.17. The fraction of sp³-hybridized carbons (Fsp3) is 0.118. The number of carbonyl (C=O) groups excluding carboxylic acids is 1. The number of rotatable bonds is 3. The van der Waals surface area contributed by atoms with Gasteiger partial charge in [-0.1, -0.05) is 12.1 Å². The SMILES string of the molecule is O=C(O)c1ccc(-c2nccc(-c3cc4n(n3)CCNC4=O)n2)cc1. The molecule has 8 nitrogen and oxygen atoms in total. The summed E-state index contributed by atoms with van der Waals surface area (Å²) in [5.74, 6) is -0.670. The topological polar surface area (TPSA) is 110 Å². The number of fused-ring (bicyclic) bond motifs is 1. The smallest absolute Gasteiger partial charge is 0.335 e. The number of nitrogens with one attached hydrogen (secondary N) is 1. The van der Waals surface area contributed by atoms with Crippen LogP contribution in [0.3, 0.4) is 0 Å².